The molecule has 84 valence electrons. The zero-order valence-electron chi connectivity index (χ0n) is 9.29. The summed E-state index contributed by atoms with van der Waals surface area (Å²) in [4.78, 5) is 0. The zero-order chi connectivity index (χ0) is 10.8. The smallest absolute Gasteiger partial charge is 0.148 e. The summed E-state index contributed by atoms with van der Waals surface area (Å²) in [5.41, 5.74) is 0. The maximum Gasteiger partial charge on any atom is 0.148 e. The van der Waals surface area contributed by atoms with Crippen molar-refractivity contribution in [1.82, 2.24) is 5.32 Å². The fourth-order valence-corrected chi connectivity index (χ4v) is 2.57. The van der Waals surface area contributed by atoms with Crippen molar-refractivity contribution in [3.63, 3.8) is 0 Å². The molecule has 0 aliphatic heterocycles. The molecular weight excluding hydrogens is 198 g/mol. The summed E-state index contributed by atoms with van der Waals surface area (Å²) in [6.07, 6.45) is 3.74. The average Bonchev–Trinajstić information content (AvgIpc) is 2.33. The Hall–Kier alpha value is -0.0900. The molecule has 3 atom stereocenters. The lowest BCUT2D eigenvalue weighted by molar-refractivity contribution is 0.376. The van der Waals surface area contributed by atoms with Gasteiger partial charge in [-0.3, -0.25) is 0 Å². The second-order valence-electron chi connectivity index (χ2n) is 4.60. The number of rotatable bonds is 4. The lowest BCUT2D eigenvalue weighted by Crippen LogP contribution is -2.35. The quantitative estimate of drug-likeness (QED) is 0.769. The van der Waals surface area contributed by atoms with Gasteiger partial charge in [0.15, 0.2) is 0 Å². The lowest BCUT2D eigenvalue weighted by atomic mass is 9.98. The van der Waals surface area contributed by atoms with Crippen molar-refractivity contribution in [1.29, 1.82) is 0 Å². The van der Waals surface area contributed by atoms with Crippen LogP contribution in [0.25, 0.3) is 0 Å². The Kier molecular flexibility index (Phi) is 3.95. The molecule has 0 radical (unpaired) electrons. The van der Waals surface area contributed by atoms with Gasteiger partial charge in [-0.15, -0.1) is 0 Å². The monoisotopic (exact) mass is 219 g/mol. The van der Waals surface area contributed by atoms with Crippen molar-refractivity contribution >= 4 is 9.84 Å². The maximum atomic E-state index is 10.9. The molecule has 0 aromatic heterocycles. The van der Waals surface area contributed by atoms with Gasteiger partial charge in [-0.1, -0.05) is 13.8 Å². The van der Waals surface area contributed by atoms with Crippen LogP contribution in [0.5, 0.6) is 0 Å². The van der Waals surface area contributed by atoms with Gasteiger partial charge in [-0.05, 0) is 24.7 Å². The Morgan fingerprint density at radius 3 is 2.36 bits per heavy atom. The second kappa shape index (κ2) is 4.62. The van der Waals surface area contributed by atoms with Crippen LogP contribution in [0.3, 0.4) is 0 Å². The maximum absolute atomic E-state index is 10.9. The standard InChI is InChI=1S/C10H21NO2S/c1-8-4-5-10(9(8)2)11-6-7-14(3,12)13/h8-11H,4-7H2,1-3H3. The van der Waals surface area contributed by atoms with Crippen LogP contribution in [-0.2, 0) is 9.84 Å². The molecule has 1 fully saturated rings. The van der Waals surface area contributed by atoms with Crippen molar-refractivity contribution in [3.05, 3.63) is 0 Å². The first-order valence-corrected chi connectivity index (χ1v) is 7.37. The highest BCUT2D eigenvalue weighted by molar-refractivity contribution is 7.90. The molecule has 1 aliphatic carbocycles. The number of sulfone groups is 1. The van der Waals surface area contributed by atoms with Crippen molar-refractivity contribution in [2.75, 3.05) is 18.6 Å². The molecule has 1 N–H and O–H groups in total. The molecule has 0 heterocycles. The summed E-state index contributed by atoms with van der Waals surface area (Å²) in [6.45, 7) is 5.11. The molecule has 3 unspecified atom stereocenters. The van der Waals surface area contributed by atoms with E-state index in [0.29, 0.717) is 18.5 Å². The van der Waals surface area contributed by atoms with Crippen molar-refractivity contribution in [2.45, 2.75) is 32.7 Å². The largest absolute Gasteiger partial charge is 0.313 e. The molecule has 0 bridgehead atoms. The summed E-state index contributed by atoms with van der Waals surface area (Å²) in [5, 5.41) is 3.34. The summed E-state index contributed by atoms with van der Waals surface area (Å²) >= 11 is 0. The van der Waals surface area contributed by atoms with Crippen LogP contribution >= 0.6 is 0 Å². The minimum absolute atomic E-state index is 0.255. The average molecular weight is 219 g/mol. The Labute approximate surface area is 87.2 Å². The van der Waals surface area contributed by atoms with Crippen LogP contribution in [0.4, 0.5) is 0 Å². The fourth-order valence-electron chi connectivity index (χ4n) is 2.08. The van der Waals surface area contributed by atoms with Crippen molar-refractivity contribution in [3.8, 4) is 0 Å². The van der Waals surface area contributed by atoms with Gasteiger partial charge >= 0.3 is 0 Å². The van der Waals surface area contributed by atoms with Gasteiger partial charge < -0.3 is 5.32 Å². The summed E-state index contributed by atoms with van der Waals surface area (Å²) in [7, 11) is -2.81. The van der Waals surface area contributed by atoms with Crippen LogP contribution < -0.4 is 5.32 Å². The van der Waals surface area contributed by atoms with Crippen LogP contribution in [0.1, 0.15) is 26.7 Å². The Bertz CT molecular complexity index is 274. The normalized spacial score (nSPS) is 33.5. The van der Waals surface area contributed by atoms with E-state index in [9.17, 15) is 8.42 Å². The zero-order valence-corrected chi connectivity index (χ0v) is 10.1. The topological polar surface area (TPSA) is 46.2 Å². The summed E-state index contributed by atoms with van der Waals surface area (Å²) < 4.78 is 21.8. The third-order valence-corrected chi connectivity index (χ3v) is 4.29. The van der Waals surface area contributed by atoms with Gasteiger partial charge in [-0.25, -0.2) is 8.42 Å². The van der Waals surface area contributed by atoms with Gasteiger partial charge in [0, 0.05) is 18.8 Å². The molecule has 0 aromatic rings. The van der Waals surface area contributed by atoms with Crippen LogP contribution in [0.2, 0.25) is 0 Å². The molecule has 3 nitrogen and oxygen atoms in total. The van der Waals surface area contributed by atoms with Crippen LogP contribution in [0.15, 0.2) is 0 Å². The van der Waals surface area contributed by atoms with E-state index in [4.69, 9.17) is 0 Å². The molecule has 1 aliphatic rings. The van der Waals surface area contributed by atoms with Crippen LogP contribution in [0, 0.1) is 11.8 Å². The predicted octanol–water partition coefficient (Wildman–Crippen LogP) is 1.06. The summed E-state index contributed by atoms with van der Waals surface area (Å²) in [6, 6.07) is 0.520. The van der Waals surface area contributed by atoms with E-state index >= 15 is 0 Å². The molecule has 0 saturated heterocycles. The van der Waals surface area contributed by atoms with E-state index in [1.54, 1.807) is 0 Å². The molecule has 14 heavy (non-hydrogen) atoms. The van der Waals surface area contributed by atoms with E-state index in [1.165, 1.54) is 19.1 Å². The number of hydrogen-bond acceptors (Lipinski definition) is 3. The van der Waals surface area contributed by atoms with E-state index < -0.39 is 9.84 Å². The van der Waals surface area contributed by atoms with E-state index in [2.05, 4.69) is 19.2 Å². The van der Waals surface area contributed by atoms with Gasteiger partial charge in [0.05, 0.1) is 5.75 Å². The van der Waals surface area contributed by atoms with Crippen molar-refractivity contribution < 1.29 is 8.42 Å². The molecule has 0 spiro atoms. The third kappa shape index (κ3) is 3.58. The third-order valence-electron chi connectivity index (χ3n) is 3.34. The highest BCUT2D eigenvalue weighted by Gasteiger charge is 2.28. The predicted molar refractivity (Wildman–Crippen MR) is 59.1 cm³/mol. The van der Waals surface area contributed by atoms with Gasteiger partial charge in [0.1, 0.15) is 9.84 Å². The number of nitrogens with one attached hydrogen (secondary N) is 1. The first-order valence-electron chi connectivity index (χ1n) is 5.31. The highest BCUT2D eigenvalue weighted by Crippen LogP contribution is 2.30. The fraction of sp³-hybridized carbons (Fsp3) is 1.00. The van der Waals surface area contributed by atoms with Crippen molar-refractivity contribution in [2.24, 2.45) is 11.8 Å². The minimum Gasteiger partial charge on any atom is -0.313 e. The Morgan fingerprint density at radius 1 is 1.29 bits per heavy atom. The van der Waals surface area contributed by atoms with Gasteiger partial charge in [0.25, 0.3) is 0 Å². The minimum atomic E-state index is -2.81. The highest BCUT2D eigenvalue weighted by atomic mass is 32.2. The Morgan fingerprint density at radius 2 is 1.93 bits per heavy atom. The molecule has 0 amide bonds. The Balaban J connectivity index is 2.26. The lowest BCUT2D eigenvalue weighted by Gasteiger charge is -2.19. The second-order valence-corrected chi connectivity index (χ2v) is 6.86. The molecule has 4 heteroatoms. The molecule has 1 rings (SSSR count). The van der Waals surface area contributed by atoms with E-state index in [0.717, 1.165) is 5.92 Å². The van der Waals surface area contributed by atoms with Gasteiger partial charge in [-0.2, -0.15) is 0 Å². The summed E-state index contributed by atoms with van der Waals surface area (Å²) in [5.74, 6) is 1.70. The van der Waals surface area contributed by atoms with E-state index in [1.807, 2.05) is 0 Å². The van der Waals surface area contributed by atoms with Crippen LogP contribution in [-0.4, -0.2) is 33.0 Å². The van der Waals surface area contributed by atoms with Gasteiger partial charge in [0.2, 0.25) is 0 Å². The molecule has 1 saturated carbocycles. The molecular formula is C10H21NO2S. The molecule has 0 aromatic carbocycles. The first kappa shape index (κ1) is 12.0. The van der Waals surface area contributed by atoms with E-state index in [-0.39, 0.29) is 5.75 Å². The first-order chi connectivity index (χ1) is 6.40. The number of hydrogen-bond donors (Lipinski definition) is 1. The SMILES string of the molecule is CC1CCC(NCCS(C)(=O)=O)C1C.